The van der Waals surface area contributed by atoms with E-state index in [1.807, 2.05) is 24.4 Å². The van der Waals surface area contributed by atoms with Crippen LogP contribution in [0.15, 0.2) is 35.5 Å². The van der Waals surface area contributed by atoms with Crippen molar-refractivity contribution in [2.24, 2.45) is 10.9 Å². The molecule has 1 aliphatic rings. The number of hydrogen-bond donors (Lipinski definition) is 2. The summed E-state index contributed by atoms with van der Waals surface area (Å²) >= 11 is 1.79. The summed E-state index contributed by atoms with van der Waals surface area (Å²) in [5, 5.41) is 7.90. The average Bonchev–Trinajstić information content (AvgIpc) is 3.40. The first-order valence-electron chi connectivity index (χ1n) is 9.37. The van der Waals surface area contributed by atoms with Gasteiger partial charge in [0.25, 0.3) is 0 Å². The van der Waals surface area contributed by atoms with E-state index in [-0.39, 0.29) is 0 Å². The molecule has 140 valence electrons. The normalized spacial score (nSPS) is 14.3. The molecule has 2 aromatic rings. The van der Waals surface area contributed by atoms with E-state index in [2.05, 4.69) is 33.6 Å². The smallest absolute Gasteiger partial charge is 0.191 e. The topological polar surface area (TPSA) is 58.5 Å². The van der Waals surface area contributed by atoms with Crippen LogP contribution in [-0.2, 0) is 19.4 Å². The number of nitrogens with zero attached hydrogens (tertiary/aromatic N) is 2. The number of aliphatic imine (C=N–C) groups is 1. The SMILES string of the molecule is CCc1cnc(CCNC(=NC)NCc2ccccc2OCC2CC2)s1. The Hall–Kier alpha value is -2.08. The molecular formula is C20H28N4OS. The molecule has 0 bridgehead atoms. The maximum Gasteiger partial charge on any atom is 0.191 e. The standard InChI is InChI=1S/C20H28N4OS/c1-3-17-13-23-19(26-17)10-11-22-20(21-2)24-12-16-6-4-5-7-18(16)25-14-15-8-9-15/h4-7,13,15H,3,8-12,14H2,1-2H3,(H2,21,22,24). The predicted octanol–water partition coefficient (Wildman–Crippen LogP) is 3.40. The molecule has 0 aliphatic heterocycles. The van der Waals surface area contributed by atoms with Gasteiger partial charge in [-0.3, -0.25) is 4.99 Å². The number of aryl methyl sites for hydroxylation is 1. The van der Waals surface area contributed by atoms with Crippen molar-refractivity contribution in [2.75, 3.05) is 20.2 Å². The fraction of sp³-hybridized carbons (Fsp3) is 0.500. The van der Waals surface area contributed by atoms with Crippen LogP contribution >= 0.6 is 11.3 Å². The molecule has 1 aliphatic carbocycles. The number of rotatable bonds is 9. The van der Waals surface area contributed by atoms with Gasteiger partial charge in [0, 0.05) is 43.2 Å². The Balaban J connectivity index is 1.44. The van der Waals surface area contributed by atoms with Gasteiger partial charge in [-0.2, -0.15) is 0 Å². The zero-order chi connectivity index (χ0) is 18.2. The van der Waals surface area contributed by atoms with E-state index >= 15 is 0 Å². The minimum absolute atomic E-state index is 0.692. The van der Waals surface area contributed by atoms with E-state index < -0.39 is 0 Å². The fourth-order valence-electron chi connectivity index (χ4n) is 2.60. The van der Waals surface area contributed by atoms with Gasteiger partial charge in [0.2, 0.25) is 0 Å². The molecule has 0 radical (unpaired) electrons. The van der Waals surface area contributed by atoms with Gasteiger partial charge in [-0.1, -0.05) is 25.1 Å². The number of thiazole rings is 1. The molecule has 2 N–H and O–H groups in total. The molecule has 1 aromatic carbocycles. The summed E-state index contributed by atoms with van der Waals surface area (Å²) in [4.78, 5) is 10.1. The number of ether oxygens (including phenoxy) is 1. The Labute approximate surface area is 159 Å². The lowest BCUT2D eigenvalue weighted by atomic mass is 10.2. The summed E-state index contributed by atoms with van der Waals surface area (Å²) in [6, 6.07) is 8.22. The van der Waals surface area contributed by atoms with Crippen molar-refractivity contribution < 1.29 is 4.74 Å². The molecule has 0 spiro atoms. The van der Waals surface area contributed by atoms with Gasteiger partial charge in [0.05, 0.1) is 11.6 Å². The van der Waals surface area contributed by atoms with Gasteiger partial charge < -0.3 is 15.4 Å². The molecule has 6 heteroatoms. The molecule has 0 amide bonds. The largest absolute Gasteiger partial charge is 0.493 e. The van der Waals surface area contributed by atoms with Crippen LogP contribution in [0.25, 0.3) is 0 Å². The molecule has 1 fully saturated rings. The van der Waals surface area contributed by atoms with Gasteiger partial charge >= 0.3 is 0 Å². The molecule has 3 rings (SSSR count). The highest BCUT2D eigenvalue weighted by molar-refractivity contribution is 7.11. The number of hydrogen-bond acceptors (Lipinski definition) is 4. The quantitative estimate of drug-likeness (QED) is 0.523. The number of nitrogens with one attached hydrogen (secondary N) is 2. The number of guanidine groups is 1. The van der Waals surface area contributed by atoms with E-state index in [9.17, 15) is 0 Å². The summed E-state index contributed by atoms with van der Waals surface area (Å²) in [7, 11) is 1.80. The number of aromatic nitrogens is 1. The number of para-hydroxylation sites is 1. The maximum atomic E-state index is 5.97. The average molecular weight is 373 g/mol. The second kappa shape index (κ2) is 9.57. The van der Waals surface area contributed by atoms with Crippen LogP contribution in [-0.4, -0.2) is 31.1 Å². The van der Waals surface area contributed by atoms with E-state index in [0.717, 1.165) is 49.2 Å². The summed E-state index contributed by atoms with van der Waals surface area (Å²) < 4.78 is 5.97. The first-order valence-corrected chi connectivity index (χ1v) is 10.2. The van der Waals surface area contributed by atoms with Crippen molar-refractivity contribution in [1.82, 2.24) is 15.6 Å². The summed E-state index contributed by atoms with van der Waals surface area (Å²) in [5.41, 5.74) is 1.16. The third kappa shape index (κ3) is 5.73. The highest BCUT2D eigenvalue weighted by atomic mass is 32.1. The van der Waals surface area contributed by atoms with E-state index in [4.69, 9.17) is 4.74 Å². The van der Waals surface area contributed by atoms with Crippen molar-refractivity contribution >= 4 is 17.3 Å². The van der Waals surface area contributed by atoms with Crippen molar-refractivity contribution in [1.29, 1.82) is 0 Å². The van der Waals surface area contributed by atoms with E-state index in [1.165, 1.54) is 22.7 Å². The number of benzene rings is 1. The Bertz CT molecular complexity index is 724. The lowest BCUT2D eigenvalue weighted by Gasteiger charge is -2.14. The minimum Gasteiger partial charge on any atom is -0.493 e. The molecule has 26 heavy (non-hydrogen) atoms. The van der Waals surface area contributed by atoms with Crippen LogP contribution in [0.1, 0.15) is 35.2 Å². The van der Waals surface area contributed by atoms with E-state index in [0.29, 0.717) is 6.54 Å². The zero-order valence-electron chi connectivity index (χ0n) is 15.6. The van der Waals surface area contributed by atoms with Gasteiger partial charge in [-0.05, 0) is 31.2 Å². The maximum absolute atomic E-state index is 5.97. The Morgan fingerprint density at radius 3 is 2.88 bits per heavy atom. The third-order valence-corrected chi connectivity index (χ3v) is 5.60. The Kier molecular flexibility index (Phi) is 6.89. The zero-order valence-corrected chi connectivity index (χ0v) is 16.4. The lowest BCUT2D eigenvalue weighted by molar-refractivity contribution is 0.296. The molecule has 0 unspecified atom stereocenters. The van der Waals surface area contributed by atoms with Crippen LogP contribution in [0.3, 0.4) is 0 Å². The molecule has 5 nitrogen and oxygen atoms in total. The van der Waals surface area contributed by atoms with Crippen molar-refractivity contribution in [3.05, 3.63) is 45.9 Å². The van der Waals surface area contributed by atoms with Crippen molar-refractivity contribution in [2.45, 2.75) is 39.2 Å². The molecule has 0 atom stereocenters. The lowest BCUT2D eigenvalue weighted by Crippen LogP contribution is -2.37. The van der Waals surface area contributed by atoms with Crippen molar-refractivity contribution in [3.63, 3.8) is 0 Å². The predicted molar refractivity (Wildman–Crippen MR) is 108 cm³/mol. The van der Waals surface area contributed by atoms with Crippen LogP contribution in [0.5, 0.6) is 5.75 Å². The molecule has 0 saturated heterocycles. The van der Waals surface area contributed by atoms with Gasteiger partial charge in [0.15, 0.2) is 5.96 Å². The van der Waals surface area contributed by atoms with Crippen LogP contribution in [0, 0.1) is 5.92 Å². The van der Waals surface area contributed by atoms with Crippen LogP contribution in [0.4, 0.5) is 0 Å². The van der Waals surface area contributed by atoms with Crippen LogP contribution in [0.2, 0.25) is 0 Å². The summed E-state index contributed by atoms with van der Waals surface area (Å²) in [6.45, 7) is 4.50. The monoisotopic (exact) mass is 372 g/mol. The third-order valence-electron chi connectivity index (χ3n) is 4.40. The molecule has 1 saturated carbocycles. The second-order valence-corrected chi connectivity index (χ2v) is 7.74. The van der Waals surface area contributed by atoms with Gasteiger partial charge in [-0.15, -0.1) is 11.3 Å². The first-order chi connectivity index (χ1) is 12.8. The fourth-order valence-corrected chi connectivity index (χ4v) is 3.46. The second-order valence-electron chi connectivity index (χ2n) is 6.54. The molecular weight excluding hydrogens is 344 g/mol. The van der Waals surface area contributed by atoms with Gasteiger partial charge in [0.1, 0.15) is 5.75 Å². The van der Waals surface area contributed by atoms with Crippen molar-refractivity contribution in [3.8, 4) is 5.75 Å². The van der Waals surface area contributed by atoms with Gasteiger partial charge in [-0.25, -0.2) is 4.98 Å². The Morgan fingerprint density at radius 1 is 1.31 bits per heavy atom. The highest BCUT2D eigenvalue weighted by Crippen LogP contribution is 2.30. The Morgan fingerprint density at radius 2 is 2.15 bits per heavy atom. The molecule has 1 heterocycles. The van der Waals surface area contributed by atoms with E-state index in [1.54, 1.807) is 18.4 Å². The molecule has 1 aromatic heterocycles. The summed E-state index contributed by atoms with van der Waals surface area (Å²) in [5.74, 6) is 2.52. The first kappa shape index (κ1) is 18.7. The van der Waals surface area contributed by atoms with Crippen LogP contribution < -0.4 is 15.4 Å². The summed E-state index contributed by atoms with van der Waals surface area (Å²) in [6.07, 6.45) is 6.54. The minimum atomic E-state index is 0.692. The highest BCUT2D eigenvalue weighted by Gasteiger charge is 2.22.